The minimum Gasteiger partial charge on any atom is -0.462 e. The zero-order valence-electron chi connectivity index (χ0n) is 8.76. The van der Waals surface area contributed by atoms with Crippen molar-refractivity contribution in [3.05, 3.63) is 47.7 Å². The molecule has 0 saturated carbocycles. The molecule has 0 aromatic carbocycles. The highest BCUT2D eigenvalue weighted by Crippen LogP contribution is 2.07. The number of aliphatic hydroxyl groups is 1. The first-order chi connectivity index (χ1) is 7.88. The molecule has 0 aliphatic carbocycles. The molecule has 0 aliphatic rings. The van der Waals surface area contributed by atoms with Crippen LogP contribution in [0.2, 0.25) is 0 Å². The summed E-state index contributed by atoms with van der Waals surface area (Å²) in [7, 11) is 0. The van der Waals surface area contributed by atoms with E-state index in [1.54, 1.807) is 12.3 Å². The van der Waals surface area contributed by atoms with E-state index in [9.17, 15) is 0 Å². The van der Waals surface area contributed by atoms with Crippen LogP contribution in [0.1, 0.15) is 17.2 Å². The quantitative estimate of drug-likeness (QED) is 0.780. The molecule has 5 heteroatoms. The molecule has 0 unspecified atom stereocenters. The number of nitrogens with one attached hydrogen (secondary N) is 1. The van der Waals surface area contributed by atoms with Crippen molar-refractivity contribution in [2.75, 3.05) is 0 Å². The van der Waals surface area contributed by atoms with Crippen LogP contribution >= 0.6 is 0 Å². The Balaban J connectivity index is 1.80. The van der Waals surface area contributed by atoms with Gasteiger partial charge in [-0.2, -0.15) is 10.2 Å². The van der Waals surface area contributed by atoms with Crippen LogP contribution in [-0.4, -0.2) is 15.3 Å². The van der Waals surface area contributed by atoms with Gasteiger partial charge in [-0.25, -0.2) is 0 Å². The second-order valence-electron chi connectivity index (χ2n) is 3.34. The van der Waals surface area contributed by atoms with Crippen molar-refractivity contribution < 1.29 is 9.52 Å². The van der Waals surface area contributed by atoms with Crippen molar-refractivity contribution in [3.63, 3.8) is 0 Å². The summed E-state index contributed by atoms with van der Waals surface area (Å²) in [6, 6.07) is 7.36. The Morgan fingerprint density at radius 1 is 1.19 bits per heavy atom. The molecule has 2 heterocycles. The summed E-state index contributed by atoms with van der Waals surface area (Å²) in [5.41, 5.74) is 0.886. The van der Waals surface area contributed by atoms with Gasteiger partial charge in [-0.1, -0.05) is 0 Å². The molecule has 0 spiro atoms. The maximum atomic E-state index is 8.82. The number of aromatic nitrogens is 2. The summed E-state index contributed by atoms with van der Waals surface area (Å²) in [6.45, 7) is 1.18. The number of furan rings is 1. The van der Waals surface area contributed by atoms with Gasteiger partial charge in [0.2, 0.25) is 0 Å². The van der Waals surface area contributed by atoms with Gasteiger partial charge >= 0.3 is 0 Å². The Labute approximate surface area is 93.1 Å². The van der Waals surface area contributed by atoms with Crippen LogP contribution in [0.4, 0.5) is 0 Å². The van der Waals surface area contributed by atoms with Crippen molar-refractivity contribution in [1.82, 2.24) is 15.5 Å². The predicted molar refractivity (Wildman–Crippen MR) is 57.2 cm³/mol. The van der Waals surface area contributed by atoms with Gasteiger partial charge in [0, 0.05) is 12.7 Å². The Morgan fingerprint density at radius 2 is 2.06 bits per heavy atom. The van der Waals surface area contributed by atoms with Crippen LogP contribution in [0.5, 0.6) is 0 Å². The zero-order valence-corrected chi connectivity index (χ0v) is 8.76. The SMILES string of the molecule is OCc1ccc(CNCc2cccnn2)o1. The molecule has 2 aromatic rings. The van der Waals surface area contributed by atoms with E-state index < -0.39 is 0 Å². The molecule has 2 aromatic heterocycles. The molecule has 2 rings (SSSR count). The van der Waals surface area contributed by atoms with E-state index in [-0.39, 0.29) is 6.61 Å². The maximum Gasteiger partial charge on any atom is 0.129 e. The summed E-state index contributed by atoms with van der Waals surface area (Å²) < 4.78 is 5.32. The van der Waals surface area contributed by atoms with Crippen molar-refractivity contribution in [3.8, 4) is 0 Å². The molecule has 0 bridgehead atoms. The molecule has 16 heavy (non-hydrogen) atoms. The Kier molecular flexibility index (Phi) is 3.63. The largest absolute Gasteiger partial charge is 0.462 e. The first-order valence-corrected chi connectivity index (χ1v) is 5.04. The lowest BCUT2D eigenvalue weighted by molar-refractivity contribution is 0.242. The Morgan fingerprint density at radius 3 is 2.75 bits per heavy atom. The maximum absolute atomic E-state index is 8.82. The van der Waals surface area contributed by atoms with Gasteiger partial charge in [-0.05, 0) is 24.3 Å². The fourth-order valence-corrected chi connectivity index (χ4v) is 1.34. The third kappa shape index (κ3) is 2.88. The standard InChI is InChI=1S/C11H13N3O2/c15-8-11-4-3-10(16-11)7-12-6-9-2-1-5-13-14-9/h1-5,12,15H,6-8H2. The summed E-state index contributed by atoms with van der Waals surface area (Å²) in [5, 5.41) is 19.7. The van der Waals surface area contributed by atoms with E-state index in [4.69, 9.17) is 9.52 Å². The fourth-order valence-electron chi connectivity index (χ4n) is 1.34. The average molecular weight is 219 g/mol. The fraction of sp³-hybridized carbons (Fsp3) is 0.273. The number of aliphatic hydroxyl groups excluding tert-OH is 1. The van der Waals surface area contributed by atoms with Crippen LogP contribution in [0.25, 0.3) is 0 Å². The molecule has 0 fully saturated rings. The van der Waals surface area contributed by atoms with Gasteiger partial charge in [-0.15, -0.1) is 0 Å². The van der Waals surface area contributed by atoms with Gasteiger partial charge in [0.25, 0.3) is 0 Å². The Bertz CT molecular complexity index is 428. The second-order valence-corrected chi connectivity index (χ2v) is 3.34. The van der Waals surface area contributed by atoms with E-state index in [0.717, 1.165) is 11.5 Å². The molecular weight excluding hydrogens is 206 g/mol. The lowest BCUT2D eigenvalue weighted by atomic mass is 10.3. The molecule has 0 radical (unpaired) electrons. The molecule has 0 amide bonds. The molecular formula is C11H13N3O2. The molecule has 0 aliphatic heterocycles. The lowest BCUT2D eigenvalue weighted by Gasteiger charge is -2.00. The first kappa shape index (κ1) is 10.8. The van der Waals surface area contributed by atoms with Crippen molar-refractivity contribution in [2.45, 2.75) is 19.7 Å². The highest BCUT2D eigenvalue weighted by molar-refractivity contribution is 5.06. The topological polar surface area (TPSA) is 71.2 Å². The van der Waals surface area contributed by atoms with Gasteiger partial charge in [-0.3, -0.25) is 0 Å². The summed E-state index contributed by atoms with van der Waals surface area (Å²) >= 11 is 0. The van der Waals surface area contributed by atoms with Crippen molar-refractivity contribution >= 4 is 0 Å². The molecule has 5 nitrogen and oxygen atoms in total. The third-order valence-electron chi connectivity index (χ3n) is 2.11. The van der Waals surface area contributed by atoms with Gasteiger partial charge in [0.05, 0.1) is 12.2 Å². The van der Waals surface area contributed by atoms with Gasteiger partial charge in [0.15, 0.2) is 0 Å². The summed E-state index contributed by atoms with van der Waals surface area (Å²) in [4.78, 5) is 0. The highest BCUT2D eigenvalue weighted by Gasteiger charge is 2.00. The van der Waals surface area contributed by atoms with E-state index in [1.807, 2.05) is 18.2 Å². The minimum atomic E-state index is -0.0653. The van der Waals surface area contributed by atoms with E-state index >= 15 is 0 Å². The van der Waals surface area contributed by atoms with E-state index in [0.29, 0.717) is 18.8 Å². The number of hydrogen-bond donors (Lipinski definition) is 2. The second kappa shape index (κ2) is 5.39. The van der Waals surface area contributed by atoms with E-state index in [1.165, 1.54) is 0 Å². The molecule has 84 valence electrons. The highest BCUT2D eigenvalue weighted by atomic mass is 16.4. The number of hydrogen-bond acceptors (Lipinski definition) is 5. The summed E-state index contributed by atoms with van der Waals surface area (Å²) in [6.07, 6.45) is 1.64. The lowest BCUT2D eigenvalue weighted by Crippen LogP contribution is -2.13. The molecule has 2 N–H and O–H groups in total. The first-order valence-electron chi connectivity index (χ1n) is 5.04. The smallest absolute Gasteiger partial charge is 0.129 e. The zero-order chi connectivity index (χ0) is 11.2. The predicted octanol–water partition coefficient (Wildman–Crippen LogP) is 0.852. The minimum absolute atomic E-state index is 0.0653. The Hall–Kier alpha value is -1.72. The van der Waals surface area contributed by atoms with Gasteiger partial charge < -0.3 is 14.8 Å². The van der Waals surface area contributed by atoms with E-state index in [2.05, 4.69) is 15.5 Å². The van der Waals surface area contributed by atoms with Crippen LogP contribution in [0.3, 0.4) is 0 Å². The van der Waals surface area contributed by atoms with Crippen LogP contribution in [-0.2, 0) is 19.7 Å². The van der Waals surface area contributed by atoms with Crippen molar-refractivity contribution in [1.29, 1.82) is 0 Å². The molecule has 0 saturated heterocycles. The monoisotopic (exact) mass is 219 g/mol. The van der Waals surface area contributed by atoms with Crippen LogP contribution < -0.4 is 5.32 Å². The normalized spacial score (nSPS) is 10.6. The number of rotatable bonds is 5. The van der Waals surface area contributed by atoms with Crippen LogP contribution in [0.15, 0.2) is 34.9 Å². The number of nitrogens with zero attached hydrogens (tertiary/aromatic N) is 2. The van der Waals surface area contributed by atoms with Crippen molar-refractivity contribution in [2.24, 2.45) is 0 Å². The average Bonchev–Trinajstić information content (AvgIpc) is 2.78. The third-order valence-corrected chi connectivity index (χ3v) is 2.11. The molecule has 0 atom stereocenters. The van der Waals surface area contributed by atoms with Gasteiger partial charge in [0.1, 0.15) is 18.1 Å². The summed E-state index contributed by atoms with van der Waals surface area (Å²) in [5.74, 6) is 1.38. The van der Waals surface area contributed by atoms with Crippen LogP contribution in [0, 0.1) is 0 Å².